The van der Waals surface area contributed by atoms with Gasteiger partial charge in [0.1, 0.15) is 0 Å². The number of hydrogen-bond acceptors (Lipinski definition) is 6. The van der Waals surface area contributed by atoms with Crippen molar-refractivity contribution in [2.75, 3.05) is 37.6 Å². The molecule has 0 unspecified atom stereocenters. The van der Waals surface area contributed by atoms with Gasteiger partial charge in [0.2, 0.25) is 5.13 Å². The van der Waals surface area contributed by atoms with E-state index >= 15 is 0 Å². The van der Waals surface area contributed by atoms with Gasteiger partial charge in [0.15, 0.2) is 5.01 Å². The fraction of sp³-hybridized carbons (Fsp3) is 0.867. The number of piperidine rings is 1. The highest BCUT2D eigenvalue weighted by Gasteiger charge is 2.28. The van der Waals surface area contributed by atoms with E-state index in [9.17, 15) is 8.78 Å². The predicted molar refractivity (Wildman–Crippen MR) is 86.3 cm³/mol. The van der Waals surface area contributed by atoms with Gasteiger partial charge in [-0.05, 0) is 32.6 Å². The minimum absolute atomic E-state index is 0.182. The number of alkyl halides is 2. The zero-order valence-corrected chi connectivity index (χ0v) is 14.4. The molecule has 0 amide bonds. The second-order valence-electron chi connectivity index (χ2n) is 6.63. The van der Waals surface area contributed by atoms with E-state index in [1.54, 1.807) is 0 Å². The molecule has 2 saturated heterocycles. The maximum absolute atomic E-state index is 12.6. The van der Waals surface area contributed by atoms with Gasteiger partial charge in [0, 0.05) is 32.7 Å². The summed E-state index contributed by atoms with van der Waals surface area (Å²) < 4.78 is 31.0. The molecule has 130 valence electrons. The largest absolute Gasteiger partial charge is 0.373 e. The number of hydrogen-bond donors (Lipinski definition) is 0. The van der Waals surface area contributed by atoms with Crippen LogP contribution in [0.5, 0.6) is 0 Å². The van der Waals surface area contributed by atoms with Crippen molar-refractivity contribution in [3.63, 3.8) is 0 Å². The number of rotatable bonds is 4. The third-order valence-corrected chi connectivity index (χ3v) is 5.50. The average molecular weight is 346 g/mol. The molecule has 23 heavy (non-hydrogen) atoms. The van der Waals surface area contributed by atoms with Crippen LogP contribution < -0.4 is 4.90 Å². The van der Waals surface area contributed by atoms with Crippen LogP contribution in [0.1, 0.15) is 38.1 Å². The van der Waals surface area contributed by atoms with Crippen molar-refractivity contribution < 1.29 is 13.5 Å². The molecular formula is C15H24F2N4OS. The SMILES string of the molecule is C[C@@H]1CN(CC2CCN(c3nnc(C(F)F)s3)CC2)C[C@H](C)O1. The van der Waals surface area contributed by atoms with Crippen LogP contribution in [0.25, 0.3) is 0 Å². The molecule has 1 aromatic heterocycles. The molecule has 8 heteroatoms. The third-order valence-electron chi connectivity index (χ3n) is 4.51. The number of aromatic nitrogens is 2. The quantitative estimate of drug-likeness (QED) is 0.839. The number of morpholine rings is 1. The lowest BCUT2D eigenvalue weighted by molar-refractivity contribution is -0.0720. The van der Waals surface area contributed by atoms with E-state index in [2.05, 4.69) is 33.8 Å². The van der Waals surface area contributed by atoms with Crippen molar-refractivity contribution >= 4 is 16.5 Å². The molecule has 0 N–H and O–H groups in total. The van der Waals surface area contributed by atoms with Crippen molar-refractivity contribution in [3.05, 3.63) is 5.01 Å². The van der Waals surface area contributed by atoms with E-state index in [0.717, 1.165) is 56.9 Å². The molecule has 0 aliphatic carbocycles. The van der Waals surface area contributed by atoms with Crippen molar-refractivity contribution in [1.29, 1.82) is 0 Å². The molecule has 0 spiro atoms. The molecule has 0 bridgehead atoms. The summed E-state index contributed by atoms with van der Waals surface area (Å²) in [6.45, 7) is 9.10. The van der Waals surface area contributed by atoms with Gasteiger partial charge in [-0.1, -0.05) is 11.3 Å². The Morgan fingerprint density at radius 3 is 2.39 bits per heavy atom. The lowest BCUT2D eigenvalue weighted by Gasteiger charge is -2.39. The Labute approximate surface area is 139 Å². The Hall–Kier alpha value is -0.860. The highest BCUT2D eigenvalue weighted by molar-refractivity contribution is 7.15. The van der Waals surface area contributed by atoms with Crippen LogP contribution in [0.2, 0.25) is 0 Å². The minimum Gasteiger partial charge on any atom is -0.373 e. The van der Waals surface area contributed by atoms with Crippen LogP contribution in [-0.4, -0.2) is 60.0 Å². The van der Waals surface area contributed by atoms with Gasteiger partial charge in [-0.25, -0.2) is 8.78 Å². The monoisotopic (exact) mass is 346 g/mol. The molecule has 3 rings (SSSR count). The molecule has 2 aliphatic heterocycles. The smallest absolute Gasteiger partial charge is 0.291 e. The lowest BCUT2D eigenvalue weighted by Crippen LogP contribution is -2.48. The molecule has 0 aromatic carbocycles. The Morgan fingerprint density at radius 1 is 1.17 bits per heavy atom. The van der Waals surface area contributed by atoms with Crippen molar-refractivity contribution in [2.24, 2.45) is 5.92 Å². The summed E-state index contributed by atoms with van der Waals surface area (Å²) in [5.74, 6) is 0.659. The van der Waals surface area contributed by atoms with Crippen LogP contribution in [0.4, 0.5) is 13.9 Å². The van der Waals surface area contributed by atoms with Crippen LogP contribution in [-0.2, 0) is 4.74 Å². The van der Waals surface area contributed by atoms with E-state index in [4.69, 9.17) is 4.74 Å². The van der Waals surface area contributed by atoms with E-state index in [1.807, 2.05) is 0 Å². The molecule has 2 aliphatic rings. The Morgan fingerprint density at radius 2 is 1.83 bits per heavy atom. The van der Waals surface area contributed by atoms with Crippen molar-refractivity contribution in [3.8, 4) is 0 Å². The van der Waals surface area contributed by atoms with E-state index in [1.165, 1.54) is 0 Å². The summed E-state index contributed by atoms with van der Waals surface area (Å²) in [6.07, 6.45) is 0.220. The Bertz CT molecular complexity index is 497. The van der Waals surface area contributed by atoms with Gasteiger partial charge < -0.3 is 9.64 Å². The minimum atomic E-state index is -2.52. The summed E-state index contributed by atoms with van der Waals surface area (Å²) in [4.78, 5) is 4.59. The van der Waals surface area contributed by atoms with Gasteiger partial charge >= 0.3 is 0 Å². The maximum atomic E-state index is 12.6. The first kappa shape index (κ1) is 17.0. The van der Waals surface area contributed by atoms with Crippen LogP contribution >= 0.6 is 11.3 Å². The first-order valence-electron chi connectivity index (χ1n) is 8.25. The highest BCUT2D eigenvalue weighted by atomic mass is 32.1. The second kappa shape index (κ2) is 7.36. The predicted octanol–water partition coefficient (Wildman–Crippen LogP) is 2.80. The van der Waals surface area contributed by atoms with Crippen LogP contribution in [0, 0.1) is 5.92 Å². The molecule has 2 fully saturated rings. The van der Waals surface area contributed by atoms with Gasteiger partial charge in [-0.3, -0.25) is 4.90 Å². The third kappa shape index (κ3) is 4.36. The second-order valence-corrected chi connectivity index (χ2v) is 7.62. The molecular weight excluding hydrogens is 322 g/mol. The molecule has 1 aromatic rings. The average Bonchev–Trinajstić information content (AvgIpc) is 2.97. The first-order chi connectivity index (χ1) is 11.0. The highest BCUT2D eigenvalue weighted by Crippen LogP contribution is 2.30. The molecule has 0 radical (unpaired) electrons. The van der Waals surface area contributed by atoms with Gasteiger partial charge in [-0.15, -0.1) is 10.2 Å². The van der Waals surface area contributed by atoms with Crippen LogP contribution in [0.3, 0.4) is 0 Å². The molecule has 2 atom stereocenters. The number of ether oxygens (including phenoxy) is 1. The molecule has 3 heterocycles. The summed E-state index contributed by atoms with van der Waals surface area (Å²) in [6, 6.07) is 0. The van der Waals surface area contributed by atoms with E-state index in [-0.39, 0.29) is 5.01 Å². The maximum Gasteiger partial charge on any atom is 0.291 e. The van der Waals surface area contributed by atoms with E-state index in [0.29, 0.717) is 23.3 Å². The number of nitrogens with zero attached hydrogens (tertiary/aromatic N) is 4. The number of halogens is 2. The first-order valence-corrected chi connectivity index (χ1v) is 9.07. The summed E-state index contributed by atoms with van der Waals surface area (Å²) in [5, 5.41) is 7.93. The fourth-order valence-corrected chi connectivity index (χ4v) is 4.30. The fourth-order valence-electron chi connectivity index (χ4n) is 3.55. The molecule has 5 nitrogen and oxygen atoms in total. The zero-order chi connectivity index (χ0) is 16.4. The van der Waals surface area contributed by atoms with Gasteiger partial charge in [0.05, 0.1) is 12.2 Å². The zero-order valence-electron chi connectivity index (χ0n) is 13.6. The lowest BCUT2D eigenvalue weighted by atomic mass is 9.96. The van der Waals surface area contributed by atoms with Gasteiger partial charge in [-0.2, -0.15) is 0 Å². The molecule has 0 saturated carbocycles. The Kier molecular flexibility index (Phi) is 5.43. The Balaban J connectivity index is 1.48. The van der Waals surface area contributed by atoms with Crippen molar-refractivity contribution in [2.45, 2.75) is 45.3 Å². The summed E-state index contributed by atoms with van der Waals surface area (Å²) >= 11 is 1.01. The van der Waals surface area contributed by atoms with E-state index < -0.39 is 6.43 Å². The number of anilines is 1. The standard InChI is InChI=1S/C15H24F2N4OS/c1-10-7-20(8-11(2)22-10)9-12-3-5-21(6-4-12)15-19-18-14(23-15)13(16)17/h10-13H,3-9H2,1-2H3/t10-,11+. The van der Waals surface area contributed by atoms with Crippen LogP contribution in [0.15, 0.2) is 0 Å². The topological polar surface area (TPSA) is 41.5 Å². The van der Waals surface area contributed by atoms with Gasteiger partial charge in [0.25, 0.3) is 6.43 Å². The van der Waals surface area contributed by atoms with Crippen molar-refractivity contribution in [1.82, 2.24) is 15.1 Å². The summed E-state index contributed by atoms with van der Waals surface area (Å²) in [5.41, 5.74) is 0. The normalized spacial score (nSPS) is 27.8. The summed E-state index contributed by atoms with van der Waals surface area (Å²) in [7, 11) is 0.